The number of fused-ring (bicyclic) bond motifs is 1. The molecule has 0 aliphatic heterocycles. The number of ether oxygens (including phenoxy) is 1. The zero-order chi connectivity index (χ0) is 25.8. The van der Waals surface area contributed by atoms with Gasteiger partial charge in [-0.2, -0.15) is 0 Å². The summed E-state index contributed by atoms with van der Waals surface area (Å²) in [6, 6.07) is 8.76. The number of methoxy groups -OCH3 is 1. The van der Waals surface area contributed by atoms with Gasteiger partial charge in [0, 0.05) is 5.56 Å². The molecule has 0 atom stereocenters. The van der Waals surface area contributed by atoms with Crippen LogP contribution in [0.15, 0.2) is 30.3 Å². The molecule has 2 aromatic rings. The molecular formula is C25H40O7P2. The summed E-state index contributed by atoms with van der Waals surface area (Å²) >= 11 is 0. The standard InChI is InChI=1S/C25H40O7P2/c1-6-14-24(15-7-2,33(26,27)28)20-11-12-21-19(18-20)10-13-22(32-5)23(21)25(16-8-3,17-9-4)34(29,30)31/h10-13,18H,6-9,14-17H2,1-5H3,(H2,26,27,28)(H2,29,30,31). The maximum atomic E-state index is 13.0. The van der Waals surface area contributed by atoms with Crippen molar-refractivity contribution in [2.24, 2.45) is 0 Å². The van der Waals surface area contributed by atoms with E-state index in [1.807, 2.05) is 27.7 Å². The van der Waals surface area contributed by atoms with E-state index in [9.17, 15) is 28.7 Å². The molecule has 7 nitrogen and oxygen atoms in total. The van der Waals surface area contributed by atoms with Crippen molar-refractivity contribution in [1.29, 1.82) is 0 Å². The van der Waals surface area contributed by atoms with E-state index in [0.717, 1.165) is 0 Å². The highest BCUT2D eigenvalue weighted by Gasteiger charge is 2.50. The third-order valence-electron chi connectivity index (χ3n) is 6.97. The summed E-state index contributed by atoms with van der Waals surface area (Å²) in [4.78, 5) is 42.0. The molecule has 0 aliphatic carbocycles. The molecule has 0 spiro atoms. The Labute approximate surface area is 203 Å². The van der Waals surface area contributed by atoms with Crippen molar-refractivity contribution in [3.8, 4) is 5.75 Å². The van der Waals surface area contributed by atoms with E-state index < -0.39 is 25.5 Å². The molecule has 0 aliphatic rings. The lowest BCUT2D eigenvalue weighted by Crippen LogP contribution is -2.28. The maximum absolute atomic E-state index is 13.0. The molecule has 192 valence electrons. The van der Waals surface area contributed by atoms with Gasteiger partial charge in [-0.1, -0.05) is 71.6 Å². The Hall–Kier alpha value is -1.20. The summed E-state index contributed by atoms with van der Waals surface area (Å²) in [5.41, 5.74) is 1.03. The van der Waals surface area contributed by atoms with E-state index in [1.54, 1.807) is 30.3 Å². The van der Waals surface area contributed by atoms with Gasteiger partial charge in [-0.3, -0.25) is 9.13 Å². The second-order valence-electron chi connectivity index (χ2n) is 9.23. The Morgan fingerprint density at radius 2 is 1.21 bits per heavy atom. The van der Waals surface area contributed by atoms with E-state index in [1.165, 1.54) is 7.11 Å². The fraction of sp³-hybridized carbons (Fsp3) is 0.600. The van der Waals surface area contributed by atoms with Gasteiger partial charge in [0.15, 0.2) is 0 Å². The van der Waals surface area contributed by atoms with Crippen molar-refractivity contribution in [2.45, 2.75) is 89.4 Å². The van der Waals surface area contributed by atoms with Gasteiger partial charge >= 0.3 is 15.2 Å². The molecule has 9 heteroatoms. The second kappa shape index (κ2) is 11.2. The fourth-order valence-corrected chi connectivity index (χ4v) is 8.65. The van der Waals surface area contributed by atoms with Crippen molar-refractivity contribution in [3.63, 3.8) is 0 Å². The molecule has 0 saturated carbocycles. The number of benzene rings is 2. The Kier molecular flexibility index (Phi) is 9.60. The van der Waals surface area contributed by atoms with Crippen LogP contribution in [0.4, 0.5) is 0 Å². The molecule has 0 heterocycles. The van der Waals surface area contributed by atoms with Gasteiger partial charge in [0.1, 0.15) is 10.9 Å². The summed E-state index contributed by atoms with van der Waals surface area (Å²) in [5, 5.41) is -1.38. The van der Waals surface area contributed by atoms with E-state index in [0.29, 0.717) is 79.0 Å². The van der Waals surface area contributed by atoms with Crippen LogP contribution in [0.25, 0.3) is 10.8 Å². The topological polar surface area (TPSA) is 124 Å². The largest absolute Gasteiger partial charge is 0.496 e. The number of hydrogen-bond acceptors (Lipinski definition) is 3. The van der Waals surface area contributed by atoms with Crippen LogP contribution < -0.4 is 4.74 Å². The Bertz CT molecular complexity index is 1060. The highest BCUT2D eigenvalue weighted by molar-refractivity contribution is 7.53. The van der Waals surface area contributed by atoms with E-state index in [4.69, 9.17) is 4.74 Å². The quantitative estimate of drug-likeness (QED) is 0.217. The van der Waals surface area contributed by atoms with Crippen LogP contribution in [0, 0.1) is 0 Å². The smallest absolute Gasteiger partial charge is 0.336 e. The first-order chi connectivity index (χ1) is 15.9. The SMILES string of the molecule is CCCC(CCC)(c1ccc2c(C(CCC)(CCC)P(=O)(O)O)c(OC)ccc2c1)P(=O)(O)O. The molecule has 0 unspecified atom stereocenters. The van der Waals surface area contributed by atoms with Gasteiger partial charge < -0.3 is 24.3 Å². The summed E-state index contributed by atoms with van der Waals surface area (Å²) in [5.74, 6) is 0.411. The third-order valence-corrected chi connectivity index (χ3v) is 10.6. The van der Waals surface area contributed by atoms with E-state index in [-0.39, 0.29) is 0 Å². The van der Waals surface area contributed by atoms with Crippen molar-refractivity contribution in [3.05, 3.63) is 41.5 Å². The van der Waals surface area contributed by atoms with E-state index >= 15 is 0 Å². The predicted molar refractivity (Wildman–Crippen MR) is 138 cm³/mol. The average Bonchev–Trinajstić information content (AvgIpc) is 2.75. The average molecular weight is 515 g/mol. The van der Waals surface area contributed by atoms with Crippen LogP contribution >= 0.6 is 15.2 Å². The molecule has 0 bridgehead atoms. The van der Waals surface area contributed by atoms with Crippen LogP contribution in [0.1, 0.15) is 90.2 Å². The summed E-state index contributed by atoms with van der Waals surface area (Å²) in [6.07, 6.45) is 3.67. The second-order valence-corrected chi connectivity index (χ2v) is 13.1. The van der Waals surface area contributed by atoms with Gasteiger partial charge in [0.2, 0.25) is 0 Å². The van der Waals surface area contributed by atoms with Gasteiger partial charge in [0.25, 0.3) is 0 Å². The summed E-state index contributed by atoms with van der Waals surface area (Å²) in [7, 11) is -7.61. The minimum Gasteiger partial charge on any atom is -0.496 e. The van der Waals surface area contributed by atoms with E-state index in [2.05, 4.69) is 0 Å². The number of rotatable bonds is 13. The number of hydrogen-bond donors (Lipinski definition) is 4. The monoisotopic (exact) mass is 514 g/mol. The zero-order valence-corrected chi connectivity index (χ0v) is 22.7. The molecule has 2 rings (SSSR count). The minimum absolute atomic E-state index is 0.292. The molecule has 0 amide bonds. The maximum Gasteiger partial charge on any atom is 0.336 e. The van der Waals surface area contributed by atoms with Gasteiger partial charge in [-0.15, -0.1) is 0 Å². The van der Waals surface area contributed by atoms with Crippen molar-refractivity contribution in [2.75, 3.05) is 7.11 Å². The first-order valence-electron chi connectivity index (χ1n) is 12.1. The lowest BCUT2D eigenvalue weighted by Gasteiger charge is -2.37. The summed E-state index contributed by atoms with van der Waals surface area (Å²) in [6.45, 7) is 7.63. The normalized spacial score (nSPS) is 13.4. The molecule has 0 saturated heterocycles. The highest BCUT2D eigenvalue weighted by Crippen LogP contribution is 2.65. The molecule has 0 radical (unpaired) electrons. The molecule has 34 heavy (non-hydrogen) atoms. The minimum atomic E-state index is -4.60. The van der Waals surface area contributed by atoms with Crippen LogP contribution in [0.3, 0.4) is 0 Å². The Balaban J connectivity index is 2.97. The van der Waals surface area contributed by atoms with Gasteiger partial charge in [-0.25, -0.2) is 0 Å². The van der Waals surface area contributed by atoms with Crippen LogP contribution in [0.5, 0.6) is 5.75 Å². The first kappa shape index (κ1) is 29.0. The first-order valence-corrected chi connectivity index (χ1v) is 15.3. The third kappa shape index (κ3) is 5.16. The molecule has 0 aromatic heterocycles. The van der Waals surface area contributed by atoms with Crippen molar-refractivity contribution in [1.82, 2.24) is 0 Å². The molecular weight excluding hydrogens is 474 g/mol. The molecule has 2 aromatic carbocycles. The van der Waals surface area contributed by atoms with Crippen LogP contribution in [-0.4, -0.2) is 26.7 Å². The Morgan fingerprint density at radius 1 is 0.735 bits per heavy atom. The highest BCUT2D eigenvalue weighted by atomic mass is 31.2. The van der Waals surface area contributed by atoms with Crippen molar-refractivity contribution < 1.29 is 33.4 Å². The lowest BCUT2D eigenvalue weighted by molar-refractivity contribution is 0.299. The van der Waals surface area contributed by atoms with Crippen LogP contribution in [-0.2, 0) is 19.4 Å². The molecule has 0 fully saturated rings. The lowest BCUT2D eigenvalue weighted by atomic mass is 9.83. The van der Waals surface area contributed by atoms with Gasteiger partial charge in [-0.05, 0) is 54.2 Å². The fourth-order valence-electron chi connectivity index (χ4n) is 5.59. The van der Waals surface area contributed by atoms with Crippen LogP contribution in [0.2, 0.25) is 0 Å². The molecule has 4 N–H and O–H groups in total. The van der Waals surface area contributed by atoms with Gasteiger partial charge in [0.05, 0.1) is 12.3 Å². The predicted octanol–water partition coefficient (Wildman–Crippen LogP) is 6.79. The van der Waals surface area contributed by atoms with Crippen molar-refractivity contribution >= 4 is 26.0 Å². The Morgan fingerprint density at radius 3 is 1.62 bits per heavy atom. The zero-order valence-electron chi connectivity index (χ0n) is 21.0. The summed E-state index contributed by atoms with van der Waals surface area (Å²) < 4.78 is 31.4.